The summed E-state index contributed by atoms with van der Waals surface area (Å²) in [6, 6.07) is 8.40. The van der Waals surface area contributed by atoms with Crippen LogP contribution < -0.4 is 4.90 Å². The van der Waals surface area contributed by atoms with Crippen molar-refractivity contribution in [1.82, 2.24) is 9.88 Å². The molecule has 0 bridgehead atoms. The number of rotatable bonds is 6. The van der Waals surface area contributed by atoms with Gasteiger partial charge in [-0.05, 0) is 37.6 Å². The number of benzene rings is 1. The summed E-state index contributed by atoms with van der Waals surface area (Å²) in [7, 11) is 1.54. The van der Waals surface area contributed by atoms with E-state index < -0.39 is 5.97 Å². The van der Waals surface area contributed by atoms with Crippen molar-refractivity contribution in [2.24, 2.45) is 0 Å². The number of fused-ring (bicyclic) bond motifs is 1. The van der Waals surface area contributed by atoms with Gasteiger partial charge in [0.05, 0.1) is 23.7 Å². The summed E-state index contributed by atoms with van der Waals surface area (Å²) in [5.74, 6) is -0.0819. The van der Waals surface area contributed by atoms with Gasteiger partial charge in [-0.25, -0.2) is 14.2 Å². The molecule has 1 amide bonds. The SMILES string of the molecule is CCOC(=O)c1ccc(N2CCCN(C(=O)c3sc4cccc(F)c4c3COC)CC2)nc1. The van der Waals surface area contributed by atoms with E-state index >= 15 is 0 Å². The summed E-state index contributed by atoms with van der Waals surface area (Å²) in [6.07, 6.45) is 2.29. The number of carbonyl (C=O) groups is 2. The average molecular weight is 472 g/mol. The number of amides is 1. The Hall–Kier alpha value is -3.04. The van der Waals surface area contributed by atoms with E-state index in [0.717, 1.165) is 23.5 Å². The lowest BCUT2D eigenvalue weighted by atomic mass is 10.1. The Morgan fingerprint density at radius 1 is 1.15 bits per heavy atom. The molecule has 0 saturated carbocycles. The summed E-state index contributed by atoms with van der Waals surface area (Å²) in [6.45, 7) is 4.71. The Morgan fingerprint density at radius 3 is 2.73 bits per heavy atom. The van der Waals surface area contributed by atoms with Gasteiger partial charge in [0, 0.05) is 55.1 Å². The lowest BCUT2D eigenvalue weighted by Crippen LogP contribution is -2.35. The molecule has 0 aliphatic carbocycles. The van der Waals surface area contributed by atoms with Crippen LogP contribution >= 0.6 is 11.3 Å². The zero-order valence-corrected chi connectivity index (χ0v) is 19.5. The number of esters is 1. The molecule has 174 valence electrons. The molecule has 0 radical (unpaired) electrons. The number of hydrogen-bond donors (Lipinski definition) is 0. The van der Waals surface area contributed by atoms with Gasteiger partial charge in [0.2, 0.25) is 0 Å². The third kappa shape index (κ3) is 4.84. The number of methoxy groups -OCH3 is 1. The number of thiophene rings is 1. The number of carbonyl (C=O) groups excluding carboxylic acids is 2. The van der Waals surface area contributed by atoms with Crippen LogP contribution in [0.15, 0.2) is 36.5 Å². The second kappa shape index (κ2) is 10.3. The molecular formula is C24H26FN3O4S. The molecular weight excluding hydrogens is 445 g/mol. The average Bonchev–Trinajstić information content (AvgIpc) is 3.01. The number of nitrogens with zero attached hydrogens (tertiary/aromatic N) is 3. The molecule has 9 heteroatoms. The van der Waals surface area contributed by atoms with Crippen molar-refractivity contribution >= 4 is 39.1 Å². The van der Waals surface area contributed by atoms with Crippen molar-refractivity contribution in [2.45, 2.75) is 20.0 Å². The van der Waals surface area contributed by atoms with E-state index in [2.05, 4.69) is 9.88 Å². The molecule has 4 rings (SSSR count). The first-order chi connectivity index (χ1) is 16.0. The molecule has 1 fully saturated rings. The number of pyridine rings is 1. The van der Waals surface area contributed by atoms with Crippen molar-refractivity contribution in [1.29, 1.82) is 0 Å². The molecule has 0 atom stereocenters. The van der Waals surface area contributed by atoms with Gasteiger partial charge in [0.15, 0.2) is 0 Å². The Balaban J connectivity index is 1.50. The Kier molecular flexibility index (Phi) is 7.20. The lowest BCUT2D eigenvalue weighted by molar-refractivity contribution is 0.0525. The number of halogens is 1. The normalized spacial score (nSPS) is 14.4. The van der Waals surface area contributed by atoms with Crippen molar-refractivity contribution in [3.8, 4) is 0 Å². The fraction of sp³-hybridized carbons (Fsp3) is 0.375. The molecule has 33 heavy (non-hydrogen) atoms. The number of hydrogen-bond acceptors (Lipinski definition) is 7. The first-order valence-corrected chi connectivity index (χ1v) is 11.7. The van der Waals surface area contributed by atoms with Crippen molar-refractivity contribution in [3.63, 3.8) is 0 Å². The quantitative estimate of drug-likeness (QED) is 0.504. The van der Waals surface area contributed by atoms with Crippen LogP contribution in [-0.4, -0.2) is 61.7 Å². The van der Waals surface area contributed by atoms with Crippen molar-refractivity contribution in [3.05, 3.63) is 58.3 Å². The predicted molar refractivity (Wildman–Crippen MR) is 125 cm³/mol. The molecule has 0 spiro atoms. The largest absolute Gasteiger partial charge is 0.462 e. The van der Waals surface area contributed by atoms with Crippen LogP contribution in [0.2, 0.25) is 0 Å². The van der Waals surface area contributed by atoms with Gasteiger partial charge in [0.1, 0.15) is 11.6 Å². The van der Waals surface area contributed by atoms with Gasteiger partial charge >= 0.3 is 5.97 Å². The summed E-state index contributed by atoms with van der Waals surface area (Å²) < 4.78 is 25.5. The molecule has 2 aromatic heterocycles. The summed E-state index contributed by atoms with van der Waals surface area (Å²) in [5, 5.41) is 0.468. The van der Waals surface area contributed by atoms with Crippen molar-refractivity contribution in [2.75, 3.05) is 44.8 Å². The van der Waals surface area contributed by atoms with Crippen LogP contribution in [0.5, 0.6) is 0 Å². The van der Waals surface area contributed by atoms with E-state index in [9.17, 15) is 14.0 Å². The number of anilines is 1. The van der Waals surface area contributed by atoms with Crippen LogP contribution in [-0.2, 0) is 16.1 Å². The highest BCUT2D eigenvalue weighted by Crippen LogP contribution is 2.34. The molecule has 0 unspecified atom stereocenters. The minimum absolute atomic E-state index is 0.102. The maximum absolute atomic E-state index is 14.5. The van der Waals surface area contributed by atoms with Gasteiger partial charge < -0.3 is 19.3 Å². The van der Waals surface area contributed by atoms with Gasteiger partial charge in [-0.1, -0.05) is 6.07 Å². The number of aromatic nitrogens is 1. The van der Waals surface area contributed by atoms with Crippen LogP contribution in [0.3, 0.4) is 0 Å². The third-order valence-electron chi connectivity index (χ3n) is 5.61. The number of ether oxygens (including phenoxy) is 2. The third-order valence-corrected chi connectivity index (χ3v) is 6.80. The van der Waals surface area contributed by atoms with E-state index in [4.69, 9.17) is 9.47 Å². The van der Waals surface area contributed by atoms with Crippen LogP contribution in [0.4, 0.5) is 10.2 Å². The monoisotopic (exact) mass is 471 g/mol. The second-order valence-electron chi connectivity index (χ2n) is 7.71. The molecule has 1 saturated heterocycles. The van der Waals surface area contributed by atoms with Crippen LogP contribution in [0.25, 0.3) is 10.1 Å². The summed E-state index contributed by atoms with van der Waals surface area (Å²) in [5.41, 5.74) is 1.02. The predicted octanol–water partition coefficient (Wildman–Crippen LogP) is 4.11. The van der Waals surface area contributed by atoms with Gasteiger partial charge in [-0.15, -0.1) is 11.3 Å². The van der Waals surface area contributed by atoms with Crippen LogP contribution in [0.1, 0.15) is 38.9 Å². The topological polar surface area (TPSA) is 72.0 Å². The van der Waals surface area contributed by atoms with E-state index in [1.165, 1.54) is 23.6 Å². The van der Waals surface area contributed by atoms with E-state index in [-0.39, 0.29) is 18.3 Å². The smallest absolute Gasteiger partial charge is 0.339 e. The van der Waals surface area contributed by atoms with Crippen LogP contribution in [0, 0.1) is 5.82 Å². The van der Waals surface area contributed by atoms with Gasteiger partial charge in [0.25, 0.3) is 5.91 Å². The van der Waals surface area contributed by atoms with E-state index in [1.807, 2.05) is 11.0 Å². The summed E-state index contributed by atoms with van der Waals surface area (Å²) in [4.78, 5) is 34.1. The second-order valence-corrected chi connectivity index (χ2v) is 8.77. The maximum atomic E-state index is 14.5. The lowest BCUT2D eigenvalue weighted by Gasteiger charge is -2.23. The van der Waals surface area contributed by atoms with Crippen molar-refractivity contribution < 1.29 is 23.5 Å². The molecule has 3 aromatic rings. The first-order valence-electron chi connectivity index (χ1n) is 10.9. The maximum Gasteiger partial charge on any atom is 0.339 e. The van der Waals surface area contributed by atoms with E-state index in [1.54, 1.807) is 32.2 Å². The Labute approximate surface area is 195 Å². The highest BCUT2D eigenvalue weighted by Gasteiger charge is 2.26. The Morgan fingerprint density at radius 2 is 2.00 bits per heavy atom. The van der Waals surface area contributed by atoms with Gasteiger partial charge in [-0.2, -0.15) is 0 Å². The minimum Gasteiger partial charge on any atom is -0.462 e. The van der Waals surface area contributed by atoms with E-state index in [0.29, 0.717) is 47.6 Å². The Bertz CT molecular complexity index is 1150. The molecule has 1 aromatic carbocycles. The minimum atomic E-state index is -0.393. The van der Waals surface area contributed by atoms with Gasteiger partial charge in [-0.3, -0.25) is 4.79 Å². The zero-order chi connectivity index (χ0) is 23.4. The molecule has 1 aliphatic heterocycles. The molecule has 1 aliphatic rings. The zero-order valence-electron chi connectivity index (χ0n) is 18.7. The highest BCUT2D eigenvalue weighted by atomic mass is 32.1. The fourth-order valence-corrected chi connectivity index (χ4v) is 5.21. The molecule has 3 heterocycles. The highest BCUT2D eigenvalue weighted by molar-refractivity contribution is 7.21. The standard InChI is InChI=1S/C24H26FN3O4S/c1-3-32-24(30)16-8-9-20(26-14-16)27-10-5-11-28(13-12-27)23(29)22-17(15-31-2)21-18(25)6-4-7-19(21)33-22/h4,6-9,14H,3,5,10-13,15H2,1-2H3. The summed E-state index contributed by atoms with van der Waals surface area (Å²) >= 11 is 1.31. The molecule has 7 nitrogen and oxygen atoms in total. The fourth-order valence-electron chi connectivity index (χ4n) is 4.02. The first kappa shape index (κ1) is 23.1. The molecule has 0 N–H and O–H groups in total.